The number of aromatic nitrogens is 4. The Morgan fingerprint density at radius 1 is 0.370 bits per heavy atom. The Morgan fingerprint density at radius 3 is 1.76 bits per heavy atom. The van der Waals surface area contributed by atoms with Gasteiger partial charge in [-0.05, 0) is 86.7 Å². The first kappa shape index (κ1) is 32.2. The van der Waals surface area contributed by atoms with Crippen molar-refractivity contribution >= 4 is 0 Å². The number of benzene rings is 6. The second kappa shape index (κ2) is 13.5. The van der Waals surface area contributed by atoms with Crippen molar-refractivity contribution < 1.29 is 0 Å². The smallest absolute Gasteiger partial charge is 0.164 e. The van der Waals surface area contributed by atoms with Crippen LogP contribution in [0.2, 0.25) is 0 Å². The topological polar surface area (TPSA) is 51.6 Å². The summed E-state index contributed by atoms with van der Waals surface area (Å²) in [5, 5.41) is 0. The van der Waals surface area contributed by atoms with Crippen molar-refractivity contribution in [2.75, 3.05) is 0 Å². The van der Waals surface area contributed by atoms with E-state index in [1.54, 1.807) is 0 Å². The standard InChI is InChI=1S/C50H38N4/c1-4-15-34(16-5-1)36-19-12-20-38(31-36)48-52-47(35-17-6-2-7-18-35)53-49(54-48)42-23-9-8-22-40(42)41-24-13-25-44-46(41)43-27-26-37(39-21-14-30-51-33-39)32-45(43)50(44)28-10-3-11-29-50/h1-2,4-9,12-27,30-33H,3,10-11,28-29H2. The van der Waals surface area contributed by atoms with Crippen molar-refractivity contribution in [3.8, 4) is 78.7 Å². The van der Waals surface area contributed by atoms with Gasteiger partial charge in [0, 0.05) is 34.5 Å². The molecule has 0 amide bonds. The van der Waals surface area contributed by atoms with Crippen molar-refractivity contribution in [1.82, 2.24) is 19.9 Å². The average Bonchev–Trinajstić information content (AvgIpc) is 3.52. The van der Waals surface area contributed by atoms with Crippen LogP contribution >= 0.6 is 0 Å². The van der Waals surface area contributed by atoms with Crippen molar-refractivity contribution in [2.24, 2.45) is 0 Å². The molecule has 258 valence electrons. The second-order valence-corrected chi connectivity index (χ2v) is 14.5. The molecular formula is C50H38N4. The number of fused-ring (bicyclic) bond motifs is 5. The maximum atomic E-state index is 5.26. The molecule has 8 aromatic rings. The van der Waals surface area contributed by atoms with Crippen molar-refractivity contribution in [3.05, 3.63) is 181 Å². The fraction of sp³-hybridized carbons (Fsp3) is 0.120. The largest absolute Gasteiger partial charge is 0.264 e. The molecule has 0 saturated heterocycles. The van der Waals surface area contributed by atoms with Gasteiger partial charge in [-0.15, -0.1) is 0 Å². The fourth-order valence-corrected chi connectivity index (χ4v) is 8.90. The summed E-state index contributed by atoms with van der Waals surface area (Å²) in [5.41, 5.74) is 15.5. The van der Waals surface area contributed by atoms with E-state index >= 15 is 0 Å². The minimum atomic E-state index is -0.00330. The highest BCUT2D eigenvalue weighted by atomic mass is 15.0. The van der Waals surface area contributed by atoms with E-state index in [1.165, 1.54) is 52.6 Å². The SMILES string of the molecule is c1ccc(-c2cccc(-c3nc(-c4ccccc4)nc(-c4ccccc4-c4cccc5c4-c4ccc(-c6cccnc6)cc4C54CCCCC4)n3)c2)cc1. The summed E-state index contributed by atoms with van der Waals surface area (Å²) in [6, 6.07) is 56.1. The lowest BCUT2D eigenvalue weighted by Gasteiger charge is -2.36. The van der Waals surface area contributed by atoms with E-state index in [9.17, 15) is 0 Å². The van der Waals surface area contributed by atoms with Gasteiger partial charge in [-0.3, -0.25) is 4.98 Å². The molecule has 4 heteroatoms. The zero-order chi connectivity index (χ0) is 35.9. The number of nitrogens with zero attached hydrogens (tertiary/aromatic N) is 4. The molecule has 0 radical (unpaired) electrons. The Morgan fingerprint density at radius 2 is 0.981 bits per heavy atom. The van der Waals surface area contributed by atoms with Crippen LogP contribution in [0.1, 0.15) is 43.2 Å². The van der Waals surface area contributed by atoms with Crippen LogP contribution in [0.4, 0.5) is 0 Å². The highest BCUT2D eigenvalue weighted by Gasteiger charge is 2.45. The molecule has 0 bridgehead atoms. The van der Waals surface area contributed by atoms with Crippen LogP contribution < -0.4 is 0 Å². The van der Waals surface area contributed by atoms with E-state index in [4.69, 9.17) is 15.0 Å². The summed E-state index contributed by atoms with van der Waals surface area (Å²) in [6.07, 6.45) is 9.90. The van der Waals surface area contributed by atoms with Gasteiger partial charge in [0.2, 0.25) is 0 Å². The van der Waals surface area contributed by atoms with E-state index < -0.39 is 0 Å². The van der Waals surface area contributed by atoms with Crippen molar-refractivity contribution in [1.29, 1.82) is 0 Å². The van der Waals surface area contributed by atoms with E-state index in [-0.39, 0.29) is 5.41 Å². The molecule has 0 aliphatic heterocycles. The van der Waals surface area contributed by atoms with Crippen LogP contribution in [0.5, 0.6) is 0 Å². The van der Waals surface area contributed by atoms with E-state index in [1.807, 2.05) is 42.7 Å². The molecule has 0 atom stereocenters. The Bertz CT molecular complexity index is 2630. The first-order chi connectivity index (χ1) is 26.7. The van der Waals surface area contributed by atoms with E-state index in [0.29, 0.717) is 17.5 Å². The van der Waals surface area contributed by atoms with Crippen LogP contribution in [-0.4, -0.2) is 19.9 Å². The normalized spacial score (nSPS) is 14.1. The quantitative estimate of drug-likeness (QED) is 0.174. The van der Waals surface area contributed by atoms with Gasteiger partial charge in [-0.2, -0.15) is 0 Å². The molecule has 0 unspecified atom stereocenters. The monoisotopic (exact) mass is 694 g/mol. The molecule has 2 aliphatic carbocycles. The van der Waals surface area contributed by atoms with Crippen LogP contribution in [0, 0.1) is 0 Å². The molecule has 2 aromatic heterocycles. The summed E-state index contributed by atoms with van der Waals surface area (Å²) in [5.74, 6) is 1.97. The summed E-state index contributed by atoms with van der Waals surface area (Å²) in [4.78, 5) is 20.0. The van der Waals surface area contributed by atoms with Gasteiger partial charge in [0.1, 0.15) is 0 Å². The Balaban J connectivity index is 1.16. The van der Waals surface area contributed by atoms with Gasteiger partial charge in [0.05, 0.1) is 0 Å². The molecular weight excluding hydrogens is 657 g/mol. The summed E-state index contributed by atoms with van der Waals surface area (Å²) in [6.45, 7) is 0. The van der Waals surface area contributed by atoms with Gasteiger partial charge < -0.3 is 0 Å². The summed E-state index contributed by atoms with van der Waals surface area (Å²) < 4.78 is 0. The lowest BCUT2D eigenvalue weighted by molar-refractivity contribution is 0.353. The molecule has 6 aromatic carbocycles. The Hall–Kier alpha value is -6.52. The maximum absolute atomic E-state index is 5.26. The highest BCUT2D eigenvalue weighted by Crippen LogP contribution is 2.59. The van der Waals surface area contributed by atoms with Gasteiger partial charge in [-0.1, -0.05) is 159 Å². The predicted molar refractivity (Wildman–Crippen MR) is 220 cm³/mol. The Labute approximate surface area is 316 Å². The predicted octanol–water partition coefficient (Wildman–Crippen LogP) is 12.5. The highest BCUT2D eigenvalue weighted by molar-refractivity contribution is 5.97. The van der Waals surface area contributed by atoms with Gasteiger partial charge in [-0.25, -0.2) is 15.0 Å². The molecule has 2 heterocycles. The fourth-order valence-electron chi connectivity index (χ4n) is 8.90. The number of rotatable bonds is 6. The average molecular weight is 695 g/mol. The van der Waals surface area contributed by atoms with Crippen LogP contribution in [-0.2, 0) is 5.41 Å². The van der Waals surface area contributed by atoms with Crippen LogP contribution in [0.25, 0.3) is 78.7 Å². The lowest BCUT2D eigenvalue weighted by Crippen LogP contribution is -2.28. The number of pyridine rings is 1. The number of hydrogen-bond donors (Lipinski definition) is 0. The number of hydrogen-bond acceptors (Lipinski definition) is 4. The first-order valence-electron chi connectivity index (χ1n) is 19.0. The van der Waals surface area contributed by atoms with Gasteiger partial charge in [0.25, 0.3) is 0 Å². The summed E-state index contributed by atoms with van der Waals surface area (Å²) in [7, 11) is 0. The second-order valence-electron chi connectivity index (χ2n) is 14.5. The van der Waals surface area contributed by atoms with Crippen molar-refractivity contribution in [2.45, 2.75) is 37.5 Å². The molecule has 0 N–H and O–H groups in total. The Kier molecular flexibility index (Phi) is 8.02. The molecule has 10 rings (SSSR count). The maximum Gasteiger partial charge on any atom is 0.164 e. The lowest BCUT2D eigenvalue weighted by atomic mass is 9.67. The van der Waals surface area contributed by atoms with Crippen LogP contribution in [0.15, 0.2) is 170 Å². The molecule has 54 heavy (non-hydrogen) atoms. The molecule has 1 fully saturated rings. The molecule has 1 spiro atoms. The molecule has 4 nitrogen and oxygen atoms in total. The summed E-state index contributed by atoms with van der Waals surface area (Å²) >= 11 is 0. The first-order valence-corrected chi connectivity index (χ1v) is 19.0. The van der Waals surface area contributed by atoms with Gasteiger partial charge in [0.15, 0.2) is 17.5 Å². The van der Waals surface area contributed by atoms with Crippen LogP contribution in [0.3, 0.4) is 0 Å². The third kappa shape index (κ3) is 5.54. The van der Waals surface area contributed by atoms with E-state index in [2.05, 4.69) is 132 Å². The van der Waals surface area contributed by atoms with Gasteiger partial charge >= 0.3 is 0 Å². The minimum Gasteiger partial charge on any atom is -0.264 e. The minimum absolute atomic E-state index is 0.00330. The molecule has 2 aliphatic rings. The van der Waals surface area contributed by atoms with Crippen molar-refractivity contribution in [3.63, 3.8) is 0 Å². The third-order valence-corrected chi connectivity index (χ3v) is 11.4. The third-order valence-electron chi connectivity index (χ3n) is 11.4. The van der Waals surface area contributed by atoms with E-state index in [0.717, 1.165) is 51.8 Å². The molecule has 1 saturated carbocycles. The zero-order valence-corrected chi connectivity index (χ0v) is 30.0. The zero-order valence-electron chi connectivity index (χ0n) is 30.0.